The Morgan fingerprint density at radius 3 is 2.47 bits per heavy atom. The summed E-state index contributed by atoms with van der Waals surface area (Å²) < 4.78 is 37.4. The van der Waals surface area contributed by atoms with E-state index in [9.17, 15) is 18.3 Å². The molecule has 19 heavy (non-hydrogen) atoms. The molecule has 0 atom stereocenters. The van der Waals surface area contributed by atoms with Crippen molar-refractivity contribution in [2.24, 2.45) is 0 Å². The van der Waals surface area contributed by atoms with Crippen LogP contribution in [0.4, 0.5) is 19.0 Å². The van der Waals surface area contributed by atoms with Crippen molar-refractivity contribution in [1.82, 2.24) is 4.98 Å². The number of pyridine rings is 1. The van der Waals surface area contributed by atoms with Gasteiger partial charge in [0.05, 0.1) is 0 Å². The van der Waals surface area contributed by atoms with Crippen LogP contribution in [0, 0.1) is 0 Å². The number of aromatic nitrogens is 1. The monoisotopic (exact) mass is 268 g/mol. The van der Waals surface area contributed by atoms with E-state index in [4.69, 9.17) is 0 Å². The molecule has 100 valence electrons. The maximum absolute atomic E-state index is 12.5. The average molecular weight is 268 g/mol. The first-order chi connectivity index (χ1) is 8.97. The van der Waals surface area contributed by atoms with Crippen molar-refractivity contribution in [3.05, 3.63) is 53.7 Å². The quantitative estimate of drug-likeness (QED) is 0.896. The summed E-state index contributed by atoms with van der Waals surface area (Å²) in [7, 11) is 0. The Labute approximate surface area is 107 Å². The van der Waals surface area contributed by atoms with Crippen LogP contribution in [0.15, 0.2) is 42.5 Å². The number of alkyl halides is 3. The summed E-state index contributed by atoms with van der Waals surface area (Å²) in [6.45, 7) is 0.195. The maximum atomic E-state index is 12.5. The minimum absolute atomic E-state index is 0.0852. The minimum Gasteiger partial charge on any atom is -0.508 e. The zero-order chi connectivity index (χ0) is 13.9. The Bertz CT molecular complexity index is 570. The van der Waals surface area contributed by atoms with Crippen LogP contribution in [-0.2, 0) is 12.7 Å². The van der Waals surface area contributed by atoms with Gasteiger partial charge in [-0.25, -0.2) is 4.98 Å². The maximum Gasteiger partial charge on any atom is 0.433 e. The molecule has 0 fully saturated rings. The van der Waals surface area contributed by atoms with E-state index in [1.54, 1.807) is 18.2 Å². The average Bonchev–Trinajstić information content (AvgIpc) is 2.37. The molecule has 1 heterocycles. The Balaban J connectivity index is 2.10. The summed E-state index contributed by atoms with van der Waals surface area (Å²) in [4.78, 5) is 3.47. The lowest BCUT2D eigenvalue weighted by molar-refractivity contribution is -0.141. The van der Waals surface area contributed by atoms with Gasteiger partial charge in [0.15, 0.2) is 0 Å². The van der Waals surface area contributed by atoms with Crippen molar-refractivity contribution >= 4 is 5.82 Å². The number of phenols is 1. The molecule has 0 spiro atoms. The van der Waals surface area contributed by atoms with Crippen molar-refractivity contribution in [3.8, 4) is 5.75 Å². The first kappa shape index (κ1) is 13.2. The van der Waals surface area contributed by atoms with Gasteiger partial charge in [0.25, 0.3) is 0 Å². The van der Waals surface area contributed by atoms with E-state index in [1.165, 1.54) is 18.2 Å². The lowest BCUT2D eigenvalue weighted by Crippen LogP contribution is -2.10. The van der Waals surface area contributed by atoms with E-state index >= 15 is 0 Å². The number of hydrogen-bond acceptors (Lipinski definition) is 3. The van der Waals surface area contributed by atoms with Crippen molar-refractivity contribution < 1.29 is 18.3 Å². The lowest BCUT2D eigenvalue weighted by atomic mass is 10.2. The second kappa shape index (κ2) is 5.17. The van der Waals surface area contributed by atoms with Crippen molar-refractivity contribution in [1.29, 1.82) is 0 Å². The molecule has 0 aliphatic heterocycles. The van der Waals surface area contributed by atoms with E-state index in [0.717, 1.165) is 6.07 Å². The summed E-state index contributed by atoms with van der Waals surface area (Å²) in [6, 6.07) is 10.2. The fraction of sp³-hybridized carbons (Fsp3) is 0.154. The molecule has 1 aromatic carbocycles. The van der Waals surface area contributed by atoms with Crippen LogP contribution in [0.1, 0.15) is 11.3 Å². The predicted molar refractivity (Wildman–Crippen MR) is 64.7 cm³/mol. The van der Waals surface area contributed by atoms with Crippen molar-refractivity contribution in [2.45, 2.75) is 12.7 Å². The summed E-state index contributed by atoms with van der Waals surface area (Å²) >= 11 is 0. The van der Waals surface area contributed by atoms with Gasteiger partial charge in [-0.2, -0.15) is 13.2 Å². The number of aromatic hydroxyl groups is 1. The first-order valence-electron chi connectivity index (χ1n) is 5.52. The number of anilines is 1. The Morgan fingerprint density at radius 1 is 1.05 bits per heavy atom. The molecule has 0 saturated carbocycles. The summed E-state index contributed by atoms with van der Waals surface area (Å²) in [6.07, 6.45) is -4.47. The normalized spacial score (nSPS) is 11.3. The molecule has 2 rings (SSSR count). The molecule has 0 saturated heterocycles. The Hall–Kier alpha value is -2.24. The molecular formula is C13H11F3N2O. The van der Waals surface area contributed by atoms with Crippen LogP contribution in [0.25, 0.3) is 0 Å². The van der Waals surface area contributed by atoms with Gasteiger partial charge >= 0.3 is 6.18 Å². The van der Waals surface area contributed by atoms with E-state index in [-0.39, 0.29) is 18.1 Å². The fourth-order valence-corrected chi connectivity index (χ4v) is 1.54. The van der Waals surface area contributed by atoms with E-state index in [2.05, 4.69) is 10.3 Å². The number of nitrogens with zero attached hydrogens (tertiary/aromatic N) is 1. The summed E-state index contributed by atoms with van der Waals surface area (Å²) in [5, 5.41) is 12.3. The first-order valence-corrected chi connectivity index (χ1v) is 5.52. The van der Waals surface area contributed by atoms with Crippen molar-refractivity contribution in [2.75, 3.05) is 5.32 Å². The van der Waals surface area contributed by atoms with E-state index < -0.39 is 11.9 Å². The van der Waals surface area contributed by atoms with Crippen LogP contribution in [0.3, 0.4) is 0 Å². The Kier molecular flexibility index (Phi) is 3.59. The standard InChI is InChI=1S/C13H11F3N2O/c14-13(15,16)11-6-3-7-12(18-11)17-8-9-4-1-2-5-10(9)19/h1-7,19H,8H2,(H,17,18). The highest BCUT2D eigenvalue weighted by Crippen LogP contribution is 2.28. The highest BCUT2D eigenvalue weighted by molar-refractivity contribution is 5.40. The number of hydrogen-bond donors (Lipinski definition) is 2. The van der Waals surface area contributed by atoms with Crippen LogP contribution < -0.4 is 5.32 Å². The number of nitrogens with one attached hydrogen (secondary N) is 1. The van der Waals surface area contributed by atoms with Crippen LogP contribution in [0.5, 0.6) is 5.75 Å². The number of para-hydroxylation sites is 1. The number of benzene rings is 1. The molecule has 0 amide bonds. The van der Waals surface area contributed by atoms with Gasteiger partial charge in [-0.15, -0.1) is 0 Å². The molecule has 0 aliphatic carbocycles. The molecule has 0 radical (unpaired) electrons. The van der Waals surface area contributed by atoms with Gasteiger partial charge in [-0.05, 0) is 18.2 Å². The SMILES string of the molecule is Oc1ccccc1CNc1cccc(C(F)(F)F)n1. The molecule has 2 N–H and O–H groups in total. The molecule has 0 bridgehead atoms. The zero-order valence-corrected chi connectivity index (χ0v) is 9.78. The minimum atomic E-state index is -4.47. The molecule has 2 aromatic rings. The van der Waals surface area contributed by atoms with Crippen LogP contribution in [0.2, 0.25) is 0 Å². The highest BCUT2D eigenvalue weighted by Gasteiger charge is 2.32. The number of phenolic OH excluding ortho intramolecular Hbond substituents is 1. The molecule has 0 unspecified atom stereocenters. The van der Waals surface area contributed by atoms with Gasteiger partial charge in [-0.3, -0.25) is 0 Å². The largest absolute Gasteiger partial charge is 0.508 e. The Morgan fingerprint density at radius 2 is 1.79 bits per heavy atom. The van der Waals surface area contributed by atoms with E-state index in [1.807, 2.05) is 0 Å². The van der Waals surface area contributed by atoms with Crippen molar-refractivity contribution in [3.63, 3.8) is 0 Å². The van der Waals surface area contributed by atoms with Gasteiger partial charge in [0, 0.05) is 12.1 Å². The number of rotatable bonds is 3. The van der Waals surface area contributed by atoms with Gasteiger partial charge in [-0.1, -0.05) is 24.3 Å². The fourth-order valence-electron chi connectivity index (χ4n) is 1.54. The summed E-state index contributed by atoms with van der Waals surface area (Å²) in [5.74, 6) is 0.194. The lowest BCUT2D eigenvalue weighted by Gasteiger charge is -2.10. The van der Waals surface area contributed by atoms with Crippen LogP contribution in [-0.4, -0.2) is 10.1 Å². The van der Waals surface area contributed by atoms with Gasteiger partial charge in [0.2, 0.25) is 0 Å². The summed E-state index contributed by atoms with van der Waals surface area (Å²) in [5.41, 5.74) is -0.364. The third kappa shape index (κ3) is 3.37. The molecule has 1 aromatic heterocycles. The predicted octanol–water partition coefficient (Wildman–Crippen LogP) is 3.42. The van der Waals surface area contributed by atoms with Gasteiger partial charge in [0.1, 0.15) is 17.3 Å². The molecule has 6 heteroatoms. The number of halogens is 3. The van der Waals surface area contributed by atoms with Gasteiger partial charge < -0.3 is 10.4 Å². The second-order valence-corrected chi connectivity index (χ2v) is 3.89. The molecule has 0 aliphatic rings. The topological polar surface area (TPSA) is 45.1 Å². The third-order valence-electron chi connectivity index (χ3n) is 2.49. The third-order valence-corrected chi connectivity index (χ3v) is 2.49. The second-order valence-electron chi connectivity index (χ2n) is 3.89. The highest BCUT2D eigenvalue weighted by atomic mass is 19.4. The van der Waals surface area contributed by atoms with E-state index in [0.29, 0.717) is 5.56 Å². The molecule has 3 nitrogen and oxygen atoms in total. The smallest absolute Gasteiger partial charge is 0.433 e. The molecular weight excluding hydrogens is 257 g/mol. The van der Waals surface area contributed by atoms with Crippen LogP contribution >= 0.6 is 0 Å². The zero-order valence-electron chi connectivity index (χ0n) is 9.78.